The van der Waals surface area contributed by atoms with Crippen LogP contribution in [0.4, 0.5) is 0 Å². The molecule has 6 atom stereocenters. The molecule has 2 saturated carbocycles. The quantitative estimate of drug-likeness (QED) is 0.725. The molecule has 4 aliphatic rings. The summed E-state index contributed by atoms with van der Waals surface area (Å²) in [6.45, 7) is 2.45. The Balaban J connectivity index is 1.51. The zero-order chi connectivity index (χ0) is 13.7. The van der Waals surface area contributed by atoms with Gasteiger partial charge in [0.25, 0.3) is 0 Å². The fraction of sp³-hybridized carbons (Fsp3) is 0.944. The molecule has 0 N–H and O–H groups in total. The SMILES string of the molecule is CC1C[C@@H]2CC(N3C4CCCC3CC(=O)C4)C[C@H](C1)C2. The lowest BCUT2D eigenvalue weighted by molar-refractivity contribution is -0.130. The normalized spacial score (nSPS) is 49.1. The molecule has 4 rings (SSSR count). The molecule has 2 saturated heterocycles. The zero-order valence-electron chi connectivity index (χ0n) is 12.9. The molecular weight excluding hydrogens is 246 g/mol. The van der Waals surface area contributed by atoms with Crippen molar-refractivity contribution < 1.29 is 4.79 Å². The van der Waals surface area contributed by atoms with E-state index >= 15 is 0 Å². The summed E-state index contributed by atoms with van der Waals surface area (Å²) in [5.74, 6) is 3.48. The number of carbonyl (C=O) groups excluding carboxylic acids is 1. The third kappa shape index (κ3) is 2.34. The van der Waals surface area contributed by atoms with Crippen LogP contribution in [0.1, 0.15) is 71.1 Å². The van der Waals surface area contributed by atoms with Crippen molar-refractivity contribution >= 4 is 5.78 Å². The Hall–Kier alpha value is -0.370. The van der Waals surface area contributed by atoms with Crippen molar-refractivity contribution in [2.45, 2.75) is 89.3 Å². The molecule has 0 radical (unpaired) electrons. The predicted molar refractivity (Wildman–Crippen MR) is 80.5 cm³/mol. The van der Waals surface area contributed by atoms with Crippen LogP contribution < -0.4 is 0 Å². The molecular formula is C18H29NO. The highest BCUT2D eigenvalue weighted by molar-refractivity contribution is 5.80. The molecule has 2 nitrogen and oxygen atoms in total. The smallest absolute Gasteiger partial charge is 0.136 e. The standard InChI is InChI=1S/C18H29NO/c1-12-5-13-7-14(6-12)9-17(8-13)19-15-3-2-4-16(19)11-18(20)10-15/h12-17H,2-11H2,1H3/t12?,13-,14+,15?,16?,17?. The average Bonchev–Trinajstić information content (AvgIpc) is 2.35. The van der Waals surface area contributed by atoms with Crippen LogP contribution in [0.5, 0.6) is 0 Å². The zero-order valence-corrected chi connectivity index (χ0v) is 12.9. The van der Waals surface area contributed by atoms with Crippen LogP contribution in [-0.4, -0.2) is 28.8 Å². The van der Waals surface area contributed by atoms with Crippen molar-refractivity contribution in [2.75, 3.05) is 0 Å². The molecule has 2 aliphatic heterocycles. The number of hydrogen-bond donors (Lipinski definition) is 0. The summed E-state index contributed by atoms with van der Waals surface area (Å²) in [6.07, 6.45) is 12.9. The molecule has 0 aromatic rings. The number of rotatable bonds is 1. The Kier molecular flexibility index (Phi) is 3.41. The number of carbonyl (C=O) groups is 1. The van der Waals surface area contributed by atoms with Crippen LogP contribution in [0.25, 0.3) is 0 Å². The van der Waals surface area contributed by atoms with E-state index in [4.69, 9.17) is 0 Å². The maximum Gasteiger partial charge on any atom is 0.136 e. The van der Waals surface area contributed by atoms with Gasteiger partial charge in [-0.25, -0.2) is 0 Å². The number of nitrogens with zero attached hydrogens (tertiary/aromatic N) is 1. The van der Waals surface area contributed by atoms with Gasteiger partial charge in [0.2, 0.25) is 0 Å². The lowest BCUT2D eigenvalue weighted by atomic mass is 9.65. The summed E-state index contributed by atoms with van der Waals surface area (Å²) in [4.78, 5) is 14.8. The molecule has 0 aromatic heterocycles. The number of hydrogen-bond acceptors (Lipinski definition) is 2. The van der Waals surface area contributed by atoms with E-state index in [1.165, 1.54) is 51.4 Å². The van der Waals surface area contributed by atoms with E-state index in [0.717, 1.165) is 36.6 Å². The van der Waals surface area contributed by atoms with Gasteiger partial charge in [0.1, 0.15) is 5.78 Å². The first-order valence-electron chi connectivity index (χ1n) is 8.98. The van der Waals surface area contributed by atoms with Crippen LogP contribution in [0.3, 0.4) is 0 Å². The fourth-order valence-corrected chi connectivity index (χ4v) is 6.20. The Morgan fingerprint density at radius 1 is 0.850 bits per heavy atom. The van der Waals surface area contributed by atoms with Gasteiger partial charge in [-0.15, -0.1) is 0 Å². The van der Waals surface area contributed by atoms with E-state index < -0.39 is 0 Å². The van der Waals surface area contributed by atoms with Crippen molar-refractivity contribution in [3.05, 3.63) is 0 Å². The highest BCUT2D eigenvalue weighted by Crippen LogP contribution is 2.46. The summed E-state index contributed by atoms with van der Waals surface area (Å²) < 4.78 is 0. The summed E-state index contributed by atoms with van der Waals surface area (Å²) >= 11 is 0. The molecule has 2 heterocycles. The first-order chi connectivity index (χ1) is 9.69. The fourth-order valence-electron chi connectivity index (χ4n) is 6.20. The lowest BCUT2D eigenvalue weighted by Gasteiger charge is -2.53. The number of ketones is 1. The van der Waals surface area contributed by atoms with Crippen molar-refractivity contribution in [1.29, 1.82) is 0 Å². The van der Waals surface area contributed by atoms with Gasteiger partial charge in [0.05, 0.1) is 0 Å². The Morgan fingerprint density at radius 3 is 2.05 bits per heavy atom. The van der Waals surface area contributed by atoms with E-state index in [0.29, 0.717) is 17.9 Å². The highest BCUT2D eigenvalue weighted by atomic mass is 16.1. The van der Waals surface area contributed by atoms with E-state index in [2.05, 4.69) is 11.8 Å². The van der Waals surface area contributed by atoms with E-state index in [-0.39, 0.29) is 0 Å². The average molecular weight is 275 g/mol. The van der Waals surface area contributed by atoms with Gasteiger partial charge in [-0.1, -0.05) is 13.3 Å². The van der Waals surface area contributed by atoms with E-state index in [1.807, 2.05) is 0 Å². The summed E-state index contributed by atoms with van der Waals surface area (Å²) in [5, 5.41) is 0. The minimum atomic E-state index is 0.542. The van der Waals surface area contributed by atoms with Crippen molar-refractivity contribution in [3.63, 3.8) is 0 Å². The Labute approximate surface area is 123 Å². The summed E-state index contributed by atoms with van der Waals surface area (Å²) in [5.41, 5.74) is 0. The topological polar surface area (TPSA) is 20.3 Å². The summed E-state index contributed by atoms with van der Waals surface area (Å²) in [7, 11) is 0. The monoisotopic (exact) mass is 275 g/mol. The van der Waals surface area contributed by atoms with Crippen LogP contribution in [0.2, 0.25) is 0 Å². The highest BCUT2D eigenvalue weighted by Gasteiger charge is 2.44. The van der Waals surface area contributed by atoms with Crippen LogP contribution in [0.15, 0.2) is 0 Å². The number of fused-ring (bicyclic) bond motifs is 4. The van der Waals surface area contributed by atoms with E-state index in [1.54, 1.807) is 0 Å². The second-order valence-electron chi connectivity index (χ2n) is 8.30. The Morgan fingerprint density at radius 2 is 1.45 bits per heavy atom. The molecule has 0 spiro atoms. The largest absolute Gasteiger partial charge is 0.300 e. The van der Waals surface area contributed by atoms with Gasteiger partial charge in [0.15, 0.2) is 0 Å². The Bertz CT molecular complexity index is 359. The van der Waals surface area contributed by atoms with Gasteiger partial charge < -0.3 is 0 Å². The second kappa shape index (κ2) is 5.12. The minimum Gasteiger partial charge on any atom is -0.300 e. The van der Waals surface area contributed by atoms with Crippen molar-refractivity contribution in [2.24, 2.45) is 17.8 Å². The van der Waals surface area contributed by atoms with Gasteiger partial charge in [-0.05, 0) is 62.7 Å². The third-order valence-electron chi connectivity index (χ3n) is 6.62. The molecule has 4 bridgehead atoms. The van der Waals surface area contributed by atoms with Gasteiger partial charge >= 0.3 is 0 Å². The van der Waals surface area contributed by atoms with Crippen LogP contribution in [0, 0.1) is 17.8 Å². The molecule has 4 unspecified atom stereocenters. The molecule has 4 fully saturated rings. The number of Topliss-reactive ketones (excluding diaryl/α,β-unsaturated/α-hetero) is 1. The molecule has 2 aliphatic carbocycles. The lowest BCUT2D eigenvalue weighted by Crippen LogP contribution is -2.58. The van der Waals surface area contributed by atoms with Gasteiger partial charge in [-0.2, -0.15) is 0 Å². The van der Waals surface area contributed by atoms with Gasteiger partial charge in [-0.3, -0.25) is 9.69 Å². The first kappa shape index (κ1) is 13.3. The second-order valence-corrected chi connectivity index (χ2v) is 8.30. The molecule has 20 heavy (non-hydrogen) atoms. The molecule has 112 valence electrons. The van der Waals surface area contributed by atoms with Crippen LogP contribution in [-0.2, 0) is 4.79 Å². The third-order valence-corrected chi connectivity index (χ3v) is 6.62. The van der Waals surface area contributed by atoms with Crippen molar-refractivity contribution in [3.8, 4) is 0 Å². The maximum absolute atomic E-state index is 11.9. The van der Waals surface area contributed by atoms with E-state index in [9.17, 15) is 4.79 Å². The molecule has 0 aromatic carbocycles. The van der Waals surface area contributed by atoms with Gasteiger partial charge in [0, 0.05) is 31.0 Å². The first-order valence-corrected chi connectivity index (χ1v) is 8.98. The number of piperidine rings is 2. The molecule has 2 heteroatoms. The maximum atomic E-state index is 11.9. The molecule has 0 amide bonds. The van der Waals surface area contributed by atoms with Crippen LogP contribution >= 0.6 is 0 Å². The van der Waals surface area contributed by atoms with Crippen molar-refractivity contribution in [1.82, 2.24) is 4.90 Å². The summed E-state index contributed by atoms with van der Waals surface area (Å²) in [6, 6.07) is 2.03. The predicted octanol–water partition coefficient (Wildman–Crippen LogP) is 3.79. The minimum absolute atomic E-state index is 0.542.